The van der Waals surface area contributed by atoms with E-state index in [0.29, 0.717) is 47.8 Å². The molecule has 4 aliphatic rings. The Labute approximate surface area is 140 Å². The summed E-state index contributed by atoms with van der Waals surface area (Å²) in [7, 11) is 2.02. The first-order valence-electron chi connectivity index (χ1n) is 9.58. The van der Waals surface area contributed by atoms with Gasteiger partial charge in [0, 0.05) is 31.3 Å². The van der Waals surface area contributed by atoms with E-state index >= 15 is 0 Å². The van der Waals surface area contributed by atoms with Crippen LogP contribution < -0.4 is 0 Å². The lowest BCUT2D eigenvalue weighted by molar-refractivity contribution is -0.166. The second kappa shape index (κ2) is 4.83. The fourth-order valence-electron chi connectivity index (χ4n) is 7.23. The Morgan fingerprint density at radius 2 is 1.78 bits per heavy atom. The third kappa shape index (κ3) is 1.88. The summed E-state index contributed by atoms with van der Waals surface area (Å²) in [5.41, 5.74) is 0.210. The van der Waals surface area contributed by atoms with Crippen molar-refractivity contribution in [2.75, 3.05) is 7.05 Å². The van der Waals surface area contributed by atoms with E-state index in [0.717, 1.165) is 32.1 Å². The van der Waals surface area contributed by atoms with Crippen molar-refractivity contribution in [1.82, 2.24) is 4.90 Å². The van der Waals surface area contributed by atoms with Gasteiger partial charge in [0.15, 0.2) is 0 Å². The third-order valence-electron chi connectivity index (χ3n) is 8.64. The average Bonchev–Trinajstić information content (AvgIpc) is 2.82. The van der Waals surface area contributed by atoms with Crippen LogP contribution in [0.5, 0.6) is 0 Å². The van der Waals surface area contributed by atoms with Gasteiger partial charge < -0.3 is 4.90 Å². The van der Waals surface area contributed by atoms with E-state index in [1.165, 1.54) is 6.42 Å². The number of carbonyl (C=O) groups is 2. The summed E-state index contributed by atoms with van der Waals surface area (Å²) in [5.74, 6) is 3.44. The summed E-state index contributed by atoms with van der Waals surface area (Å²) in [6.45, 7) is 7.09. The van der Waals surface area contributed by atoms with Gasteiger partial charge in [-0.05, 0) is 61.2 Å². The normalized spacial score (nSPS) is 52.9. The molecule has 3 aliphatic carbocycles. The van der Waals surface area contributed by atoms with E-state index in [2.05, 4.69) is 25.7 Å². The lowest BCUT2D eigenvalue weighted by Crippen LogP contribution is -2.63. The molecule has 1 saturated heterocycles. The molecule has 1 aliphatic heterocycles. The Kier molecular flexibility index (Phi) is 3.29. The monoisotopic (exact) mass is 317 g/mol. The van der Waals surface area contributed by atoms with Gasteiger partial charge in [-0.2, -0.15) is 0 Å². The highest BCUT2D eigenvalue weighted by Crippen LogP contribution is 2.65. The van der Waals surface area contributed by atoms with Crippen molar-refractivity contribution in [2.24, 2.45) is 34.5 Å². The fourth-order valence-corrected chi connectivity index (χ4v) is 7.23. The summed E-state index contributed by atoms with van der Waals surface area (Å²) in [6, 6.07) is 0.404. The van der Waals surface area contributed by atoms with E-state index in [1.807, 2.05) is 7.05 Å². The number of piperidine rings is 1. The number of hydrogen-bond acceptors (Lipinski definition) is 2. The Bertz CT molecular complexity index is 558. The molecule has 0 radical (unpaired) electrons. The number of Topliss-reactive ketones (excluding diaryl/α,β-unsaturated/α-hetero) is 1. The molecule has 0 aromatic rings. The summed E-state index contributed by atoms with van der Waals surface area (Å²) in [6.07, 6.45) is 7.05. The molecular formula is C20H31NO2. The minimum absolute atomic E-state index is 0.0466. The first-order valence-corrected chi connectivity index (χ1v) is 9.58. The van der Waals surface area contributed by atoms with Crippen LogP contribution in [-0.4, -0.2) is 29.7 Å². The summed E-state index contributed by atoms with van der Waals surface area (Å²) in [4.78, 5) is 26.8. The first-order chi connectivity index (χ1) is 10.8. The zero-order chi connectivity index (χ0) is 16.6. The fraction of sp³-hybridized carbons (Fsp3) is 0.900. The minimum Gasteiger partial charge on any atom is -0.342 e. The summed E-state index contributed by atoms with van der Waals surface area (Å²) < 4.78 is 0. The van der Waals surface area contributed by atoms with Gasteiger partial charge in [0.1, 0.15) is 5.78 Å². The van der Waals surface area contributed by atoms with Gasteiger partial charge >= 0.3 is 0 Å². The predicted octanol–water partition coefficient (Wildman–Crippen LogP) is 3.66. The topological polar surface area (TPSA) is 37.4 Å². The van der Waals surface area contributed by atoms with Crippen molar-refractivity contribution in [3.8, 4) is 0 Å². The van der Waals surface area contributed by atoms with Gasteiger partial charge in [-0.3, -0.25) is 9.59 Å². The molecular weight excluding hydrogens is 286 g/mol. The summed E-state index contributed by atoms with van der Waals surface area (Å²) in [5, 5.41) is 0. The van der Waals surface area contributed by atoms with Crippen LogP contribution in [-0.2, 0) is 9.59 Å². The molecule has 0 N–H and O–H groups in total. The van der Waals surface area contributed by atoms with Crippen LogP contribution in [0.3, 0.4) is 0 Å². The van der Waals surface area contributed by atoms with Crippen molar-refractivity contribution >= 4 is 11.7 Å². The number of amides is 1. The molecule has 0 aromatic carbocycles. The lowest BCUT2D eigenvalue weighted by atomic mass is 9.45. The van der Waals surface area contributed by atoms with Crippen molar-refractivity contribution in [2.45, 2.75) is 71.8 Å². The number of fused-ring (bicyclic) bond motifs is 5. The molecule has 3 saturated carbocycles. The Morgan fingerprint density at radius 3 is 2.52 bits per heavy atom. The molecule has 4 unspecified atom stereocenters. The van der Waals surface area contributed by atoms with E-state index in [1.54, 1.807) is 0 Å². The standard InChI is InChI=1S/C20H31NO2/c1-12-11-15-19(2,10-8-17(23)21(15)4)14-7-9-20(3)13(18(12)14)5-6-16(20)22/h12-15,18H,5-11H2,1-4H3/t12-,13?,14?,15?,18?,19+,20-/m0/s1. The Morgan fingerprint density at radius 1 is 1.04 bits per heavy atom. The minimum atomic E-state index is -0.0466. The van der Waals surface area contributed by atoms with E-state index < -0.39 is 0 Å². The van der Waals surface area contributed by atoms with Crippen molar-refractivity contribution in [1.29, 1.82) is 0 Å². The lowest BCUT2D eigenvalue weighted by Gasteiger charge is -2.63. The van der Waals surface area contributed by atoms with Crippen molar-refractivity contribution in [3.05, 3.63) is 0 Å². The van der Waals surface area contributed by atoms with Crippen LogP contribution in [0.15, 0.2) is 0 Å². The highest BCUT2D eigenvalue weighted by Gasteiger charge is 2.62. The Hall–Kier alpha value is -0.860. The molecule has 1 heterocycles. The van der Waals surface area contributed by atoms with E-state index in [-0.39, 0.29) is 10.8 Å². The molecule has 128 valence electrons. The van der Waals surface area contributed by atoms with Gasteiger partial charge in [0.2, 0.25) is 5.91 Å². The molecule has 0 aromatic heterocycles. The van der Waals surface area contributed by atoms with Gasteiger partial charge in [0.05, 0.1) is 0 Å². The van der Waals surface area contributed by atoms with E-state index in [4.69, 9.17) is 0 Å². The average molecular weight is 317 g/mol. The molecule has 0 bridgehead atoms. The second-order valence-electron chi connectivity index (χ2n) is 9.45. The van der Waals surface area contributed by atoms with Crippen molar-refractivity contribution in [3.63, 3.8) is 0 Å². The maximum absolute atomic E-state index is 12.5. The van der Waals surface area contributed by atoms with Crippen LogP contribution in [0.25, 0.3) is 0 Å². The van der Waals surface area contributed by atoms with Crippen LogP contribution in [0.4, 0.5) is 0 Å². The number of rotatable bonds is 0. The highest BCUT2D eigenvalue weighted by molar-refractivity contribution is 5.87. The molecule has 4 fully saturated rings. The molecule has 3 nitrogen and oxygen atoms in total. The number of nitrogens with zero attached hydrogens (tertiary/aromatic N) is 1. The number of ketones is 1. The molecule has 3 heteroatoms. The van der Waals surface area contributed by atoms with Crippen molar-refractivity contribution < 1.29 is 9.59 Å². The van der Waals surface area contributed by atoms with Gasteiger partial charge in [-0.1, -0.05) is 20.8 Å². The van der Waals surface area contributed by atoms with Gasteiger partial charge in [0.25, 0.3) is 0 Å². The molecule has 4 rings (SSSR count). The first kappa shape index (κ1) is 15.7. The molecule has 23 heavy (non-hydrogen) atoms. The maximum atomic E-state index is 12.5. The van der Waals surface area contributed by atoms with E-state index in [9.17, 15) is 9.59 Å². The molecule has 0 spiro atoms. The number of hydrogen-bond donors (Lipinski definition) is 0. The SMILES string of the molecule is C[C@H]1CC2N(C)C(=O)CC[C@]2(C)C2CC[C@]3(C)C(=O)CCC3C21. The third-order valence-corrected chi connectivity index (χ3v) is 8.64. The van der Waals surface area contributed by atoms with Crippen LogP contribution in [0.1, 0.15) is 65.7 Å². The smallest absolute Gasteiger partial charge is 0.222 e. The van der Waals surface area contributed by atoms with Crippen LogP contribution in [0, 0.1) is 34.5 Å². The second-order valence-corrected chi connectivity index (χ2v) is 9.45. The van der Waals surface area contributed by atoms with Gasteiger partial charge in [-0.25, -0.2) is 0 Å². The maximum Gasteiger partial charge on any atom is 0.222 e. The van der Waals surface area contributed by atoms with Gasteiger partial charge in [-0.15, -0.1) is 0 Å². The zero-order valence-corrected chi connectivity index (χ0v) is 15.1. The highest BCUT2D eigenvalue weighted by atomic mass is 16.2. The predicted molar refractivity (Wildman–Crippen MR) is 89.7 cm³/mol. The van der Waals surface area contributed by atoms with Crippen LogP contribution in [0.2, 0.25) is 0 Å². The Balaban J connectivity index is 1.72. The zero-order valence-electron chi connectivity index (χ0n) is 15.1. The number of carbonyl (C=O) groups excluding carboxylic acids is 2. The quantitative estimate of drug-likeness (QED) is 0.683. The largest absolute Gasteiger partial charge is 0.342 e. The van der Waals surface area contributed by atoms with Crippen LogP contribution >= 0.6 is 0 Å². The molecule has 1 amide bonds. The number of likely N-dealkylation sites (tertiary alicyclic amines) is 1. The molecule has 7 atom stereocenters. The summed E-state index contributed by atoms with van der Waals surface area (Å²) >= 11 is 0.